The molecule has 2 aromatic heterocycles. The Bertz CT molecular complexity index is 850. The average molecular weight is 305 g/mol. The largest absolute Gasteiger partial charge is 0.419 e. The van der Waals surface area contributed by atoms with Gasteiger partial charge in [-0.05, 0) is 32.0 Å². The van der Waals surface area contributed by atoms with Gasteiger partial charge >= 0.3 is 4.87 Å². The van der Waals surface area contributed by atoms with E-state index in [-0.39, 0.29) is 23.1 Å². The van der Waals surface area contributed by atoms with Crippen molar-refractivity contribution < 1.29 is 8.81 Å². The lowest BCUT2D eigenvalue weighted by Gasteiger charge is -2.00. The first-order valence-corrected chi connectivity index (χ1v) is 7.11. The lowest BCUT2D eigenvalue weighted by Crippen LogP contribution is -2.15. The van der Waals surface area contributed by atoms with E-state index in [2.05, 4.69) is 10.2 Å². The quantitative estimate of drug-likeness (QED) is 0.746. The van der Waals surface area contributed by atoms with Crippen molar-refractivity contribution in [3.8, 4) is 11.5 Å². The van der Waals surface area contributed by atoms with Crippen LogP contribution in [0.15, 0.2) is 33.5 Å². The highest BCUT2D eigenvalue weighted by atomic mass is 32.1. The molecule has 2 heterocycles. The predicted molar refractivity (Wildman–Crippen MR) is 76.8 cm³/mol. The predicted octanol–water partition coefficient (Wildman–Crippen LogP) is 2.76. The van der Waals surface area contributed by atoms with Gasteiger partial charge < -0.3 is 4.42 Å². The molecule has 0 aliphatic rings. The van der Waals surface area contributed by atoms with E-state index in [1.54, 1.807) is 16.7 Å². The normalized spacial score (nSPS) is 11.0. The van der Waals surface area contributed by atoms with Crippen molar-refractivity contribution in [2.75, 3.05) is 0 Å². The molecule has 108 valence electrons. The number of aryl methyl sites for hydroxylation is 1. The highest BCUT2D eigenvalue weighted by Gasteiger charge is 2.13. The molecular formula is C14H12FN3O2S. The van der Waals surface area contributed by atoms with Crippen molar-refractivity contribution >= 4 is 11.3 Å². The Morgan fingerprint density at radius 3 is 2.81 bits per heavy atom. The summed E-state index contributed by atoms with van der Waals surface area (Å²) in [5.74, 6) is 0.187. The maximum atomic E-state index is 13.2. The Morgan fingerprint density at radius 2 is 2.14 bits per heavy atom. The van der Waals surface area contributed by atoms with Gasteiger partial charge in [-0.2, -0.15) is 0 Å². The molecule has 3 rings (SSSR count). The van der Waals surface area contributed by atoms with E-state index in [4.69, 9.17) is 4.42 Å². The van der Waals surface area contributed by atoms with E-state index in [1.165, 1.54) is 23.5 Å². The maximum Gasteiger partial charge on any atom is 0.308 e. The molecule has 0 bridgehead atoms. The minimum Gasteiger partial charge on any atom is -0.419 e. The minimum atomic E-state index is -0.368. The molecule has 0 unspecified atom stereocenters. The molecule has 0 aliphatic carbocycles. The second-order valence-electron chi connectivity index (χ2n) is 4.61. The van der Waals surface area contributed by atoms with Gasteiger partial charge in [0.25, 0.3) is 0 Å². The first-order valence-electron chi connectivity index (χ1n) is 6.30. The van der Waals surface area contributed by atoms with Crippen LogP contribution in [0, 0.1) is 19.7 Å². The van der Waals surface area contributed by atoms with Gasteiger partial charge in [0.1, 0.15) is 12.4 Å². The molecule has 0 aliphatic heterocycles. The first-order chi connectivity index (χ1) is 10.0. The number of halogens is 1. The summed E-state index contributed by atoms with van der Waals surface area (Å²) in [7, 11) is 0. The van der Waals surface area contributed by atoms with Crippen LogP contribution in [-0.2, 0) is 6.54 Å². The fraction of sp³-hybridized carbons (Fsp3) is 0.214. The van der Waals surface area contributed by atoms with Crippen molar-refractivity contribution in [2.24, 2.45) is 0 Å². The number of nitrogens with zero attached hydrogens (tertiary/aromatic N) is 3. The van der Waals surface area contributed by atoms with Crippen LogP contribution in [0.2, 0.25) is 0 Å². The van der Waals surface area contributed by atoms with Crippen molar-refractivity contribution in [1.29, 1.82) is 0 Å². The van der Waals surface area contributed by atoms with E-state index in [0.717, 1.165) is 10.6 Å². The zero-order valence-corrected chi connectivity index (χ0v) is 12.3. The molecule has 0 N–H and O–H groups in total. The van der Waals surface area contributed by atoms with Crippen LogP contribution in [0.3, 0.4) is 0 Å². The first kappa shape index (κ1) is 13.7. The van der Waals surface area contributed by atoms with E-state index in [1.807, 2.05) is 13.8 Å². The molecule has 3 aromatic rings. The zero-order chi connectivity index (χ0) is 15.0. The Labute approximate surface area is 123 Å². The number of hydrogen-bond donors (Lipinski definition) is 0. The maximum absolute atomic E-state index is 13.2. The third-order valence-electron chi connectivity index (χ3n) is 3.21. The molecule has 0 amide bonds. The summed E-state index contributed by atoms with van der Waals surface area (Å²) in [5.41, 5.74) is 1.40. The number of thiazole rings is 1. The van der Waals surface area contributed by atoms with Gasteiger partial charge in [-0.15, -0.1) is 10.2 Å². The summed E-state index contributed by atoms with van der Waals surface area (Å²) < 4.78 is 20.3. The summed E-state index contributed by atoms with van der Waals surface area (Å²) in [6, 6.07) is 5.93. The van der Waals surface area contributed by atoms with E-state index in [9.17, 15) is 9.18 Å². The topological polar surface area (TPSA) is 60.9 Å². The van der Waals surface area contributed by atoms with Gasteiger partial charge in [0, 0.05) is 16.1 Å². The average Bonchev–Trinajstić information content (AvgIpc) is 3.00. The van der Waals surface area contributed by atoms with Gasteiger partial charge in [-0.1, -0.05) is 17.4 Å². The molecule has 0 saturated heterocycles. The van der Waals surface area contributed by atoms with Gasteiger partial charge in [-0.25, -0.2) is 4.39 Å². The number of hydrogen-bond acceptors (Lipinski definition) is 5. The van der Waals surface area contributed by atoms with Crippen molar-refractivity contribution in [2.45, 2.75) is 20.4 Å². The second kappa shape index (κ2) is 5.25. The van der Waals surface area contributed by atoms with Gasteiger partial charge in [-0.3, -0.25) is 9.36 Å². The van der Waals surface area contributed by atoms with Crippen LogP contribution in [-0.4, -0.2) is 14.8 Å². The molecule has 7 heteroatoms. The summed E-state index contributed by atoms with van der Waals surface area (Å²) in [4.78, 5) is 12.7. The number of rotatable bonds is 3. The van der Waals surface area contributed by atoms with Crippen molar-refractivity contribution in [3.05, 3.63) is 56.2 Å². The number of aromatic nitrogens is 3. The summed E-state index contributed by atoms with van der Waals surface area (Å²) in [6.07, 6.45) is 0. The Balaban J connectivity index is 1.90. The van der Waals surface area contributed by atoms with Crippen LogP contribution in [0.4, 0.5) is 4.39 Å². The lowest BCUT2D eigenvalue weighted by molar-refractivity contribution is 0.483. The van der Waals surface area contributed by atoms with Crippen LogP contribution < -0.4 is 4.87 Å². The van der Waals surface area contributed by atoms with E-state index >= 15 is 0 Å². The third kappa shape index (κ3) is 2.64. The van der Waals surface area contributed by atoms with Crippen molar-refractivity contribution in [3.63, 3.8) is 0 Å². The van der Waals surface area contributed by atoms with Gasteiger partial charge in [0.05, 0.1) is 0 Å². The minimum absolute atomic E-state index is 0.0597. The Hall–Kier alpha value is -2.28. The van der Waals surface area contributed by atoms with Crippen molar-refractivity contribution in [1.82, 2.24) is 14.8 Å². The molecular weight excluding hydrogens is 293 g/mol. The molecule has 0 radical (unpaired) electrons. The molecule has 0 atom stereocenters. The molecule has 0 spiro atoms. The fourth-order valence-electron chi connectivity index (χ4n) is 1.96. The highest BCUT2D eigenvalue weighted by molar-refractivity contribution is 7.09. The standard InChI is InChI=1S/C14H12FN3O2S/c1-8-9(2)21-14(19)18(8)7-12-16-17-13(20-12)10-4-3-5-11(15)6-10/h3-6H,7H2,1-2H3. The molecule has 21 heavy (non-hydrogen) atoms. The molecule has 0 saturated carbocycles. The van der Waals surface area contributed by atoms with Crippen LogP contribution in [0.1, 0.15) is 16.5 Å². The summed E-state index contributed by atoms with van der Waals surface area (Å²) >= 11 is 1.19. The molecule has 5 nitrogen and oxygen atoms in total. The number of benzene rings is 1. The van der Waals surface area contributed by atoms with Gasteiger partial charge in [0.2, 0.25) is 11.8 Å². The molecule has 1 aromatic carbocycles. The smallest absolute Gasteiger partial charge is 0.308 e. The van der Waals surface area contributed by atoms with E-state index < -0.39 is 0 Å². The van der Waals surface area contributed by atoms with Gasteiger partial charge in [0.15, 0.2) is 0 Å². The summed E-state index contributed by atoms with van der Waals surface area (Å²) in [6.45, 7) is 3.98. The zero-order valence-electron chi connectivity index (χ0n) is 11.5. The Kier molecular flexibility index (Phi) is 3.42. The van der Waals surface area contributed by atoms with Crippen LogP contribution >= 0.6 is 11.3 Å². The Morgan fingerprint density at radius 1 is 1.33 bits per heavy atom. The lowest BCUT2D eigenvalue weighted by atomic mass is 10.2. The second-order valence-corrected chi connectivity index (χ2v) is 5.77. The summed E-state index contributed by atoms with van der Waals surface area (Å²) in [5, 5.41) is 7.81. The SMILES string of the molecule is Cc1sc(=O)n(Cc2nnc(-c3cccc(F)c3)o2)c1C. The monoisotopic (exact) mass is 305 g/mol. The van der Waals surface area contributed by atoms with E-state index in [0.29, 0.717) is 11.5 Å². The van der Waals surface area contributed by atoms with Crippen LogP contribution in [0.25, 0.3) is 11.5 Å². The third-order valence-corrected chi connectivity index (χ3v) is 4.20. The van der Waals surface area contributed by atoms with Crippen LogP contribution in [0.5, 0.6) is 0 Å². The fourth-order valence-corrected chi connectivity index (χ4v) is 2.79. The molecule has 0 fully saturated rings. The highest BCUT2D eigenvalue weighted by Crippen LogP contribution is 2.19.